The minimum Gasteiger partial charge on any atom is -0.396 e. The van der Waals surface area contributed by atoms with E-state index in [1.807, 2.05) is 6.07 Å². The highest BCUT2D eigenvalue weighted by molar-refractivity contribution is 5.55. The number of para-hydroxylation sites is 1. The van der Waals surface area contributed by atoms with Gasteiger partial charge in [-0.3, -0.25) is 0 Å². The number of anilines is 1. The topological polar surface area (TPSA) is 35.5 Å². The van der Waals surface area contributed by atoms with Gasteiger partial charge in [-0.1, -0.05) is 26.0 Å². The van der Waals surface area contributed by atoms with Crippen LogP contribution in [0.3, 0.4) is 0 Å². The first-order valence-corrected chi connectivity index (χ1v) is 7.98. The molecule has 1 aromatic carbocycles. The maximum atomic E-state index is 14.4. The van der Waals surface area contributed by atoms with Gasteiger partial charge in [-0.2, -0.15) is 0 Å². The molecule has 1 unspecified atom stereocenters. The summed E-state index contributed by atoms with van der Waals surface area (Å²) in [5, 5.41) is 12.5. The van der Waals surface area contributed by atoms with Crippen LogP contribution in [0.5, 0.6) is 0 Å². The molecule has 0 saturated carbocycles. The summed E-state index contributed by atoms with van der Waals surface area (Å²) < 4.78 is 14.4. The SMILES string of the molecule is CC(C)NCc1cccc(F)c1N1CCCC(CCO)C1. The molecule has 2 rings (SSSR count). The van der Waals surface area contributed by atoms with E-state index in [1.54, 1.807) is 12.1 Å². The third-order valence-corrected chi connectivity index (χ3v) is 4.14. The van der Waals surface area contributed by atoms with Crippen molar-refractivity contribution in [2.24, 2.45) is 5.92 Å². The second-order valence-electron chi connectivity index (χ2n) is 6.25. The quantitative estimate of drug-likeness (QED) is 0.847. The lowest BCUT2D eigenvalue weighted by Gasteiger charge is -2.35. The molecule has 1 aliphatic heterocycles. The predicted molar refractivity (Wildman–Crippen MR) is 85.0 cm³/mol. The van der Waals surface area contributed by atoms with Crippen molar-refractivity contribution in [2.75, 3.05) is 24.6 Å². The van der Waals surface area contributed by atoms with Crippen molar-refractivity contribution in [2.45, 2.75) is 45.7 Å². The van der Waals surface area contributed by atoms with Crippen molar-refractivity contribution in [1.82, 2.24) is 5.32 Å². The number of hydrogen-bond donors (Lipinski definition) is 2. The van der Waals surface area contributed by atoms with Gasteiger partial charge in [-0.25, -0.2) is 4.39 Å². The molecule has 0 spiro atoms. The monoisotopic (exact) mass is 294 g/mol. The Morgan fingerprint density at radius 1 is 1.43 bits per heavy atom. The molecule has 1 saturated heterocycles. The van der Waals surface area contributed by atoms with Gasteiger partial charge in [-0.15, -0.1) is 0 Å². The molecule has 2 N–H and O–H groups in total. The van der Waals surface area contributed by atoms with Crippen LogP contribution >= 0.6 is 0 Å². The van der Waals surface area contributed by atoms with Crippen LogP contribution in [-0.2, 0) is 6.54 Å². The fourth-order valence-corrected chi connectivity index (χ4v) is 3.06. The molecule has 0 amide bonds. The van der Waals surface area contributed by atoms with Crippen molar-refractivity contribution in [1.29, 1.82) is 0 Å². The van der Waals surface area contributed by atoms with Gasteiger partial charge in [0.15, 0.2) is 0 Å². The van der Waals surface area contributed by atoms with Gasteiger partial charge in [0.1, 0.15) is 5.82 Å². The molecule has 21 heavy (non-hydrogen) atoms. The van der Waals surface area contributed by atoms with Gasteiger partial charge in [0.25, 0.3) is 0 Å². The zero-order chi connectivity index (χ0) is 15.2. The minimum atomic E-state index is -0.136. The largest absolute Gasteiger partial charge is 0.396 e. The number of aliphatic hydroxyl groups excluding tert-OH is 1. The van der Waals surface area contributed by atoms with E-state index < -0.39 is 0 Å². The maximum Gasteiger partial charge on any atom is 0.146 e. The summed E-state index contributed by atoms with van der Waals surface area (Å²) in [6.45, 7) is 6.84. The molecule has 4 heteroatoms. The number of nitrogens with one attached hydrogen (secondary N) is 1. The Morgan fingerprint density at radius 3 is 2.95 bits per heavy atom. The Morgan fingerprint density at radius 2 is 2.24 bits per heavy atom. The molecule has 1 aliphatic rings. The number of piperidine rings is 1. The Hall–Kier alpha value is -1.13. The van der Waals surface area contributed by atoms with E-state index in [0.29, 0.717) is 18.5 Å². The van der Waals surface area contributed by atoms with Gasteiger partial charge < -0.3 is 15.3 Å². The zero-order valence-electron chi connectivity index (χ0n) is 13.1. The predicted octanol–water partition coefficient (Wildman–Crippen LogP) is 2.92. The first-order valence-electron chi connectivity index (χ1n) is 7.98. The smallest absolute Gasteiger partial charge is 0.146 e. The molecule has 118 valence electrons. The van der Waals surface area contributed by atoms with Crippen LogP contribution in [0.2, 0.25) is 0 Å². The van der Waals surface area contributed by atoms with E-state index in [0.717, 1.165) is 43.6 Å². The molecule has 1 atom stereocenters. The maximum absolute atomic E-state index is 14.4. The molecule has 0 aromatic heterocycles. The van der Waals surface area contributed by atoms with Gasteiger partial charge in [-0.05, 0) is 36.8 Å². The van der Waals surface area contributed by atoms with Crippen LogP contribution in [0.15, 0.2) is 18.2 Å². The third kappa shape index (κ3) is 4.42. The van der Waals surface area contributed by atoms with Crippen molar-refractivity contribution in [3.05, 3.63) is 29.6 Å². The number of hydrogen-bond acceptors (Lipinski definition) is 3. The highest BCUT2D eigenvalue weighted by Crippen LogP contribution is 2.30. The van der Waals surface area contributed by atoms with E-state index >= 15 is 0 Å². The summed E-state index contributed by atoms with van der Waals surface area (Å²) in [4.78, 5) is 2.16. The Bertz CT molecular complexity index is 448. The zero-order valence-corrected chi connectivity index (χ0v) is 13.1. The summed E-state index contributed by atoms with van der Waals surface area (Å²) in [5.74, 6) is 0.331. The van der Waals surface area contributed by atoms with E-state index in [1.165, 1.54) is 0 Å². The molecule has 1 fully saturated rings. The number of benzene rings is 1. The highest BCUT2D eigenvalue weighted by atomic mass is 19.1. The van der Waals surface area contributed by atoms with Crippen LogP contribution in [0.25, 0.3) is 0 Å². The van der Waals surface area contributed by atoms with E-state index in [-0.39, 0.29) is 12.4 Å². The molecule has 0 aliphatic carbocycles. The van der Waals surface area contributed by atoms with E-state index in [9.17, 15) is 4.39 Å². The Labute approximate surface area is 127 Å². The van der Waals surface area contributed by atoms with Crippen LogP contribution in [0.1, 0.15) is 38.7 Å². The third-order valence-electron chi connectivity index (χ3n) is 4.14. The summed E-state index contributed by atoms with van der Waals surface area (Å²) in [6.07, 6.45) is 3.01. The fourth-order valence-electron chi connectivity index (χ4n) is 3.06. The van der Waals surface area contributed by atoms with E-state index in [2.05, 4.69) is 24.1 Å². The van der Waals surface area contributed by atoms with Gasteiger partial charge >= 0.3 is 0 Å². The standard InChI is InChI=1S/C17H27FN2O/c1-13(2)19-11-15-6-3-7-16(18)17(15)20-9-4-5-14(12-20)8-10-21/h3,6-7,13-14,19,21H,4-5,8-12H2,1-2H3. The molecular weight excluding hydrogens is 267 g/mol. The lowest BCUT2D eigenvalue weighted by Crippen LogP contribution is -2.37. The molecule has 1 aromatic rings. The van der Waals surface area contributed by atoms with Gasteiger partial charge in [0, 0.05) is 32.3 Å². The Kier molecular flexibility index (Phi) is 6.00. The lowest BCUT2D eigenvalue weighted by atomic mass is 9.94. The lowest BCUT2D eigenvalue weighted by molar-refractivity contribution is 0.244. The number of rotatable bonds is 6. The summed E-state index contributed by atoms with van der Waals surface area (Å²) in [6, 6.07) is 5.71. The normalized spacial score (nSPS) is 19.3. The average molecular weight is 294 g/mol. The number of aliphatic hydroxyl groups is 1. The first kappa shape index (κ1) is 16.2. The van der Waals surface area contributed by atoms with Gasteiger partial charge in [0.05, 0.1) is 5.69 Å². The molecule has 0 radical (unpaired) electrons. The van der Waals surface area contributed by atoms with Crippen LogP contribution in [-0.4, -0.2) is 30.8 Å². The van der Waals surface area contributed by atoms with E-state index in [4.69, 9.17) is 5.11 Å². The van der Waals surface area contributed by atoms with Crippen molar-refractivity contribution in [3.63, 3.8) is 0 Å². The van der Waals surface area contributed by atoms with Crippen molar-refractivity contribution in [3.8, 4) is 0 Å². The second-order valence-corrected chi connectivity index (χ2v) is 6.25. The fraction of sp³-hybridized carbons (Fsp3) is 0.647. The molecule has 0 bridgehead atoms. The molecule has 3 nitrogen and oxygen atoms in total. The first-order chi connectivity index (χ1) is 10.1. The average Bonchev–Trinajstić information content (AvgIpc) is 2.45. The molecular formula is C17H27FN2O. The Balaban J connectivity index is 2.16. The van der Waals surface area contributed by atoms with Crippen molar-refractivity contribution >= 4 is 5.69 Å². The van der Waals surface area contributed by atoms with Crippen LogP contribution < -0.4 is 10.2 Å². The van der Waals surface area contributed by atoms with Crippen LogP contribution in [0.4, 0.5) is 10.1 Å². The summed E-state index contributed by atoms with van der Waals surface area (Å²) in [5.41, 5.74) is 1.77. The summed E-state index contributed by atoms with van der Waals surface area (Å²) in [7, 11) is 0. The molecule has 1 heterocycles. The highest BCUT2D eigenvalue weighted by Gasteiger charge is 2.23. The van der Waals surface area contributed by atoms with Crippen LogP contribution in [0, 0.1) is 11.7 Å². The number of halogens is 1. The van der Waals surface area contributed by atoms with Gasteiger partial charge in [0.2, 0.25) is 0 Å². The van der Waals surface area contributed by atoms with Crippen molar-refractivity contribution < 1.29 is 9.50 Å². The second kappa shape index (κ2) is 7.76. The number of nitrogens with zero attached hydrogens (tertiary/aromatic N) is 1. The summed E-state index contributed by atoms with van der Waals surface area (Å²) >= 11 is 0. The minimum absolute atomic E-state index is 0.136.